The molecule has 1 saturated carbocycles. The number of nitrogens with one attached hydrogen (secondary N) is 1. The number of rotatable bonds is 2. The van der Waals surface area contributed by atoms with Crippen molar-refractivity contribution in [1.29, 1.82) is 0 Å². The van der Waals surface area contributed by atoms with E-state index in [2.05, 4.69) is 5.32 Å². The molecule has 5 heteroatoms. The number of nitrogens with zero attached hydrogens (tertiary/aromatic N) is 1. The van der Waals surface area contributed by atoms with E-state index in [1.54, 1.807) is 0 Å². The summed E-state index contributed by atoms with van der Waals surface area (Å²) in [5, 5.41) is 14.9. The zero-order valence-electron chi connectivity index (χ0n) is 14.7. The molecule has 1 aromatic carbocycles. The Morgan fingerprint density at radius 3 is 2.80 bits per heavy atom. The molecule has 2 aliphatic heterocycles. The van der Waals surface area contributed by atoms with Gasteiger partial charge in [0, 0.05) is 25.0 Å². The molecule has 1 aliphatic carbocycles. The van der Waals surface area contributed by atoms with E-state index in [4.69, 9.17) is 4.74 Å². The van der Waals surface area contributed by atoms with Crippen LogP contribution in [0.5, 0.6) is 0 Å². The van der Waals surface area contributed by atoms with Crippen LogP contribution in [0.2, 0.25) is 0 Å². The number of carbonyl (C=O) groups excluding carboxylic acids is 1. The van der Waals surface area contributed by atoms with E-state index >= 15 is 0 Å². The van der Waals surface area contributed by atoms with Gasteiger partial charge in [0.2, 0.25) is 5.91 Å². The van der Waals surface area contributed by atoms with E-state index in [9.17, 15) is 9.90 Å². The third-order valence-electron chi connectivity index (χ3n) is 6.25. The molecule has 5 nitrogen and oxygen atoms in total. The summed E-state index contributed by atoms with van der Waals surface area (Å²) in [6.45, 7) is 2.47. The Balaban J connectivity index is 1.59. The van der Waals surface area contributed by atoms with Crippen molar-refractivity contribution >= 4 is 5.91 Å². The van der Waals surface area contributed by atoms with Gasteiger partial charge in [-0.05, 0) is 24.8 Å². The Morgan fingerprint density at radius 2 is 2.04 bits per heavy atom. The number of piperidine rings is 1. The van der Waals surface area contributed by atoms with Gasteiger partial charge in [0.1, 0.15) is 6.04 Å². The summed E-state index contributed by atoms with van der Waals surface area (Å²) in [7, 11) is 0. The number of hydrogen-bond acceptors (Lipinski definition) is 4. The van der Waals surface area contributed by atoms with E-state index in [1.807, 2.05) is 35.2 Å². The first-order chi connectivity index (χ1) is 12.2. The fourth-order valence-electron chi connectivity index (χ4n) is 4.97. The number of aliphatic hydroxyl groups is 1. The Hall–Kier alpha value is -1.43. The minimum Gasteiger partial charge on any atom is -0.385 e. The Labute approximate surface area is 149 Å². The summed E-state index contributed by atoms with van der Waals surface area (Å²) >= 11 is 0. The van der Waals surface area contributed by atoms with E-state index in [-0.39, 0.29) is 23.9 Å². The van der Waals surface area contributed by atoms with Gasteiger partial charge in [0.15, 0.2) is 0 Å². The molecule has 0 radical (unpaired) electrons. The van der Waals surface area contributed by atoms with Crippen molar-refractivity contribution in [3.05, 3.63) is 35.9 Å². The third kappa shape index (κ3) is 3.09. The van der Waals surface area contributed by atoms with Gasteiger partial charge in [0.05, 0.1) is 18.8 Å². The van der Waals surface area contributed by atoms with Crippen LogP contribution in [-0.4, -0.2) is 54.3 Å². The maximum atomic E-state index is 13.1. The predicted molar refractivity (Wildman–Crippen MR) is 95.0 cm³/mol. The lowest BCUT2D eigenvalue weighted by Crippen LogP contribution is -2.63. The molecule has 25 heavy (non-hydrogen) atoms. The van der Waals surface area contributed by atoms with Crippen LogP contribution in [0.15, 0.2) is 30.3 Å². The third-order valence-corrected chi connectivity index (χ3v) is 6.25. The van der Waals surface area contributed by atoms with Crippen molar-refractivity contribution in [2.75, 3.05) is 26.3 Å². The minimum atomic E-state index is -0.820. The van der Waals surface area contributed by atoms with Crippen molar-refractivity contribution in [2.24, 2.45) is 5.92 Å². The van der Waals surface area contributed by atoms with Crippen molar-refractivity contribution < 1.29 is 14.6 Å². The van der Waals surface area contributed by atoms with Crippen LogP contribution < -0.4 is 5.32 Å². The predicted octanol–water partition coefficient (Wildman–Crippen LogP) is 1.65. The second-order valence-corrected chi connectivity index (χ2v) is 7.61. The largest absolute Gasteiger partial charge is 0.385 e. The number of likely N-dealkylation sites (tertiary alicyclic amines) is 1. The summed E-state index contributed by atoms with van der Waals surface area (Å²) in [6, 6.07) is 9.92. The molecule has 3 aliphatic rings. The second kappa shape index (κ2) is 7.06. The molecule has 2 heterocycles. The zero-order valence-corrected chi connectivity index (χ0v) is 14.7. The number of amides is 1. The lowest BCUT2D eigenvalue weighted by molar-refractivity contribution is -0.159. The Bertz CT molecular complexity index is 602. The molecule has 0 aromatic heterocycles. The van der Waals surface area contributed by atoms with Crippen LogP contribution in [0.3, 0.4) is 0 Å². The molecule has 3 fully saturated rings. The highest BCUT2D eigenvalue weighted by Crippen LogP contribution is 2.47. The van der Waals surface area contributed by atoms with Crippen LogP contribution in [0, 0.1) is 5.92 Å². The monoisotopic (exact) mass is 344 g/mol. The van der Waals surface area contributed by atoms with Crippen molar-refractivity contribution in [3.63, 3.8) is 0 Å². The highest BCUT2D eigenvalue weighted by molar-refractivity contribution is 5.82. The molecule has 0 spiro atoms. The Kier molecular flexibility index (Phi) is 4.80. The SMILES string of the molecule is O=C([C@@H]1COCCN1)N1CC[C@](O)(c2ccccc2)[C@H]2CCCC[C@H]21. The molecular weight excluding hydrogens is 316 g/mol. The molecule has 2 N–H and O–H groups in total. The van der Waals surface area contributed by atoms with Gasteiger partial charge >= 0.3 is 0 Å². The average Bonchev–Trinajstić information content (AvgIpc) is 2.69. The summed E-state index contributed by atoms with van der Waals surface area (Å²) in [5.74, 6) is 0.262. The fourth-order valence-corrected chi connectivity index (χ4v) is 4.97. The van der Waals surface area contributed by atoms with Gasteiger partial charge in [0.25, 0.3) is 0 Å². The maximum Gasteiger partial charge on any atom is 0.242 e. The van der Waals surface area contributed by atoms with Crippen molar-refractivity contribution in [2.45, 2.75) is 49.8 Å². The first-order valence-electron chi connectivity index (χ1n) is 9.60. The molecule has 4 rings (SSSR count). The normalized spacial score (nSPS) is 35.9. The van der Waals surface area contributed by atoms with E-state index < -0.39 is 5.60 Å². The lowest BCUT2D eigenvalue weighted by atomic mass is 9.66. The van der Waals surface area contributed by atoms with E-state index in [1.165, 1.54) is 0 Å². The molecular formula is C20H28N2O3. The standard InChI is InChI=1S/C20H28N2O3/c23-19(17-14-25-13-11-21-17)22-12-10-20(24,15-6-2-1-3-7-15)16-8-4-5-9-18(16)22/h1-3,6-7,16-18,21,24H,4-5,8-14H2/t16-,17-,18+,20-/m0/s1. The van der Waals surface area contributed by atoms with Crippen LogP contribution in [-0.2, 0) is 15.1 Å². The van der Waals surface area contributed by atoms with Gasteiger partial charge in [-0.15, -0.1) is 0 Å². The number of fused-ring (bicyclic) bond motifs is 1. The number of hydrogen-bond donors (Lipinski definition) is 2. The summed E-state index contributed by atoms with van der Waals surface area (Å²) in [5.41, 5.74) is 0.178. The van der Waals surface area contributed by atoms with Crippen LogP contribution in [0.4, 0.5) is 0 Å². The smallest absolute Gasteiger partial charge is 0.242 e. The fraction of sp³-hybridized carbons (Fsp3) is 0.650. The van der Waals surface area contributed by atoms with Gasteiger partial charge in [-0.2, -0.15) is 0 Å². The van der Waals surface area contributed by atoms with Gasteiger partial charge < -0.3 is 20.1 Å². The molecule has 1 amide bonds. The van der Waals surface area contributed by atoms with Crippen LogP contribution in [0.25, 0.3) is 0 Å². The average molecular weight is 344 g/mol. The minimum absolute atomic E-state index is 0.117. The topological polar surface area (TPSA) is 61.8 Å². The van der Waals surface area contributed by atoms with Crippen LogP contribution >= 0.6 is 0 Å². The number of ether oxygens (including phenoxy) is 1. The number of carbonyl (C=O) groups is 1. The first-order valence-corrected chi connectivity index (χ1v) is 9.60. The molecule has 0 bridgehead atoms. The van der Waals surface area contributed by atoms with Crippen molar-refractivity contribution in [1.82, 2.24) is 10.2 Å². The molecule has 2 saturated heterocycles. The highest BCUT2D eigenvalue weighted by atomic mass is 16.5. The van der Waals surface area contributed by atoms with Gasteiger partial charge in [-0.1, -0.05) is 43.2 Å². The summed E-state index contributed by atoms with van der Waals surface area (Å²) in [6.07, 6.45) is 4.83. The highest BCUT2D eigenvalue weighted by Gasteiger charge is 2.50. The lowest BCUT2D eigenvalue weighted by Gasteiger charge is -2.53. The van der Waals surface area contributed by atoms with Gasteiger partial charge in [-0.3, -0.25) is 4.79 Å². The second-order valence-electron chi connectivity index (χ2n) is 7.61. The molecule has 136 valence electrons. The van der Waals surface area contributed by atoms with Gasteiger partial charge in [-0.25, -0.2) is 0 Å². The molecule has 1 aromatic rings. The maximum absolute atomic E-state index is 13.1. The van der Waals surface area contributed by atoms with E-state index in [0.29, 0.717) is 26.2 Å². The van der Waals surface area contributed by atoms with E-state index in [0.717, 1.165) is 37.8 Å². The molecule has 0 unspecified atom stereocenters. The number of morpholine rings is 1. The quantitative estimate of drug-likeness (QED) is 0.856. The Morgan fingerprint density at radius 1 is 1.24 bits per heavy atom. The zero-order chi connectivity index (χ0) is 17.3. The number of benzene rings is 1. The summed E-state index contributed by atoms with van der Waals surface area (Å²) < 4.78 is 5.48. The molecule has 4 atom stereocenters. The van der Waals surface area contributed by atoms with Crippen molar-refractivity contribution in [3.8, 4) is 0 Å². The van der Waals surface area contributed by atoms with Crippen LogP contribution in [0.1, 0.15) is 37.7 Å². The first kappa shape index (κ1) is 17.0. The summed E-state index contributed by atoms with van der Waals surface area (Å²) in [4.78, 5) is 15.1.